The lowest BCUT2D eigenvalue weighted by atomic mass is 10.1. The molecular weight excluding hydrogens is 236 g/mol. The van der Waals surface area contributed by atoms with Crippen molar-refractivity contribution in [2.75, 3.05) is 18.4 Å². The third kappa shape index (κ3) is 5.33. The molecule has 1 rings (SSSR count). The first kappa shape index (κ1) is 15.5. The molecule has 1 amide bonds. The summed E-state index contributed by atoms with van der Waals surface area (Å²) in [5, 5.41) is 6.32. The highest BCUT2D eigenvalue weighted by molar-refractivity contribution is 5.76. The van der Waals surface area contributed by atoms with E-state index in [1.54, 1.807) is 0 Å². The van der Waals surface area contributed by atoms with Gasteiger partial charge in [-0.3, -0.25) is 4.79 Å². The van der Waals surface area contributed by atoms with Crippen LogP contribution in [-0.4, -0.2) is 19.0 Å². The van der Waals surface area contributed by atoms with Crippen molar-refractivity contribution in [1.82, 2.24) is 5.32 Å². The van der Waals surface area contributed by atoms with Gasteiger partial charge < -0.3 is 10.6 Å². The van der Waals surface area contributed by atoms with Gasteiger partial charge in [0.05, 0.1) is 0 Å². The van der Waals surface area contributed by atoms with Crippen LogP contribution < -0.4 is 10.6 Å². The van der Waals surface area contributed by atoms with Gasteiger partial charge in [-0.1, -0.05) is 39.0 Å². The van der Waals surface area contributed by atoms with Crippen LogP contribution in [-0.2, 0) is 11.2 Å². The maximum Gasteiger partial charge on any atom is 0.221 e. The maximum atomic E-state index is 11.6. The van der Waals surface area contributed by atoms with Gasteiger partial charge in [0.2, 0.25) is 5.91 Å². The quantitative estimate of drug-likeness (QED) is 0.792. The highest BCUT2D eigenvalue weighted by Crippen LogP contribution is 2.20. The predicted octanol–water partition coefficient (Wildman–Crippen LogP) is 3.13. The number of carbonyl (C=O) groups is 1. The molecule has 1 aromatic carbocycles. The summed E-state index contributed by atoms with van der Waals surface area (Å²) in [6.45, 7) is 9.87. The largest absolute Gasteiger partial charge is 0.384 e. The molecule has 0 unspecified atom stereocenters. The fraction of sp³-hybridized carbons (Fsp3) is 0.562. The smallest absolute Gasteiger partial charge is 0.221 e. The second-order valence-electron chi connectivity index (χ2n) is 5.34. The van der Waals surface area contributed by atoms with Crippen LogP contribution in [0.15, 0.2) is 18.2 Å². The van der Waals surface area contributed by atoms with E-state index in [-0.39, 0.29) is 5.91 Å². The minimum Gasteiger partial charge on any atom is -0.384 e. The molecule has 3 nitrogen and oxygen atoms in total. The lowest BCUT2D eigenvalue weighted by molar-refractivity contribution is -0.120. The van der Waals surface area contributed by atoms with Crippen LogP contribution in [0.5, 0.6) is 0 Å². The van der Waals surface area contributed by atoms with Gasteiger partial charge in [-0.05, 0) is 30.4 Å². The summed E-state index contributed by atoms with van der Waals surface area (Å²) in [6, 6.07) is 6.31. The summed E-state index contributed by atoms with van der Waals surface area (Å²) in [6.07, 6.45) is 1.52. The second-order valence-corrected chi connectivity index (χ2v) is 5.34. The molecule has 0 aliphatic heterocycles. The minimum atomic E-state index is 0.118. The van der Waals surface area contributed by atoms with E-state index in [1.807, 2.05) is 0 Å². The van der Waals surface area contributed by atoms with Crippen LogP contribution in [0.3, 0.4) is 0 Å². The fourth-order valence-corrected chi connectivity index (χ4v) is 1.98. The van der Waals surface area contributed by atoms with Crippen molar-refractivity contribution in [3.63, 3.8) is 0 Å². The SMILES string of the molecule is CCc1cccc(C)c1NCCC(=O)NCC(C)C. The van der Waals surface area contributed by atoms with Crippen LogP contribution in [0.1, 0.15) is 38.3 Å². The summed E-state index contributed by atoms with van der Waals surface area (Å²) in [4.78, 5) is 11.6. The van der Waals surface area contributed by atoms with E-state index in [2.05, 4.69) is 56.5 Å². The van der Waals surface area contributed by atoms with Crippen molar-refractivity contribution in [2.24, 2.45) is 5.92 Å². The molecule has 0 heterocycles. The average Bonchev–Trinajstić information content (AvgIpc) is 2.38. The normalized spacial score (nSPS) is 10.6. The summed E-state index contributed by atoms with van der Waals surface area (Å²) >= 11 is 0. The van der Waals surface area contributed by atoms with Crippen LogP contribution in [0, 0.1) is 12.8 Å². The number of nitrogens with one attached hydrogen (secondary N) is 2. The first-order valence-electron chi connectivity index (χ1n) is 7.13. The second kappa shape index (κ2) is 7.82. The molecule has 0 aromatic heterocycles. The first-order chi connectivity index (χ1) is 9.04. The molecular formula is C16H26N2O. The Balaban J connectivity index is 2.43. The van der Waals surface area contributed by atoms with Crippen molar-refractivity contribution >= 4 is 11.6 Å². The molecule has 0 aliphatic carbocycles. The monoisotopic (exact) mass is 262 g/mol. The number of amides is 1. The molecule has 1 aromatic rings. The maximum absolute atomic E-state index is 11.6. The standard InChI is InChI=1S/C16H26N2O/c1-5-14-8-6-7-13(4)16(14)17-10-9-15(19)18-11-12(2)3/h6-8,12,17H,5,9-11H2,1-4H3,(H,18,19). The molecule has 0 atom stereocenters. The summed E-state index contributed by atoms with van der Waals surface area (Å²) in [7, 11) is 0. The van der Waals surface area contributed by atoms with Gasteiger partial charge in [-0.25, -0.2) is 0 Å². The van der Waals surface area contributed by atoms with Crippen molar-refractivity contribution in [3.05, 3.63) is 29.3 Å². The van der Waals surface area contributed by atoms with E-state index in [1.165, 1.54) is 16.8 Å². The van der Waals surface area contributed by atoms with E-state index in [9.17, 15) is 4.79 Å². The Morgan fingerprint density at radius 2 is 2.05 bits per heavy atom. The van der Waals surface area contributed by atoms with Gasteiger partial charge in [0, 0.05) is 25.2 Å². The molecule has 0 bridgehead atoms. The zero-order valence-corrected chi connectivity index (χ0v) is 12.5. The topological polar surface area (TPSA) is 41.1 Å². The molecule has 0 spiro atoms. The summed E-state index contributed by atoms with van der Waals surface area (Å²) in [5.41, 5.74) is 3.73. The van der Waals surface area contributed by atoms with Crippen LogP contribution in [0.4, 0.5) is 5.69 Å². The van der Waals surface area contributed by atoms with E-state index in [4.69, 9.17) is 0 Å². The van der Waals surface area contributed by atoms with E-state index < -0.39 is 0 Å². The number of hydrogen-bond acceptors (Lipinski definition) is 2. The van der Waals surface area contributed by atoms with Crippen LogP contribution in [0.25, 0.3) is 0 Å². The molecule has 0 radical (unpaired) electrons. The molecule has 2 N–H and O–H groups in total. The number of rotatable bonds is 7. The van der Waals surface area contributed by atoms with Gasteiger partial charge in [0.15, 0.2) is 0 Å². The van der Waals surface area contributed by atoms with E-state index in [0.29, 0.717) is 18.9 Å². The van der Waals surface area contributed by atoms with E-state index >= 15 is 0 Å². The van der Waals surface area contributed by atoms with Gasteiger partial charge in [-0.15, -0.1) is 0 Å². The van der Waals surface area contributed by atoms with Gasteiger partial charge in [0.25, 0.3) is 0 Å². The van der Waals surface area contributed by atoms with Crippen LogP contribution >= 0.6 is 0 Å². The van der Waals surface area contributed by atoms with Crippen molar-refractivity contribution in [1.29, 1.82) is 0 Å². The van der Waals surface area contributed by atoms with Crippen molar-refractivity contribution < 1.29 is 4.79 Å². The third-order valence-electron chi connectivity index (χ3n) is 3.10. The van der Waals surface area contributed by atoms with Crippen LogP contribution in [0.2, 0.25) is 0 Å². The minimum absolute atomic E-state index is 0.118. The highest BCUT2D eigenvalue weighted by Gasteiger charge is 2.05. The molecule has 0 fully saturated rings. The zero-order valence-electron chi connectivity index (χ0n) is 12.5. The number of carbonyl (C=O) groups excluding carboxylic acids is 1. The van der Waals surface area contributed by atoms with Gasteiger partial charge >= 0.3 is 0 Å². The lowest BCUT2D eigenvalue weighted by Crippen LogP contribution is -2.28. The van der Waals surface area contributed by atoms with Crippen molar-refractivity contribution in [2.45, 2.75) is 40.5 Å². The average molecular weight is 262 g/mol. The lowest BCUT2D eigenvalue weighted by Gasteiger charge is -2.14. The van der Waals surface area contributed by atoms with Crippen molar-refractivity contribution in [3.8, 4) is 0 Å². The zero-order chi connectivity index (χ0) is 14.3. The number of aryl methyl sites for hydroxylation is 2. The molecule has 106 valence electrons. The van der Waals surface area contributed by atoms with Gasteiger partial charge in [0.1, 0.15) is 0 Å². The number of para-hydroxylation sites is 1. The Hall–Kier alpha value is -1.51. The fourth-order valence-electron chi connectivity index (χ4n) is 1.98. The Morgan fingerprint density at radius 3 is 2.68 bits per heavy atom. The number of anilines is 1. The molecule has 0 saturated carbocycles. The molecule has 0 saturated heterocycles. The summed E-state index contributed by atoms with van der Waals surface area (Å²) in [5.74, 6) is 0.618. The summed E-state index contributed by atoms with van der Waals surface area (Å²) < 4.78 is 0. The molecule has 19 heavy (non-hydrogen) atoms. The number of benzene rings is 1. The Bertz CT molecular complexity index is 413. The third-order valence-corrected chi connectivity index (χ3v) is 3.10. The van der Waals surface area contributed by atoms with E-state index in [0.717, 1.165) is 13.0 Å². The molecule has 3 heteroatoms. The molecule has 0 aliphatic rings. The Kier molecular flexibility index (Phi) is 6.40. The Labute approximate surface area is 116 Å². The van der Waals surface area contributed by atoms with Gasteiger partial charge in [-0.2, -0.15) is 0 Å². The predicted molar refractivity (Wildman–Crippen MR) is 81.5 cm³/mol. The number of hydrogen-bond donors (Lipinski definition) is 2. The highest BCUT2D eigenvalue weighted by atomic mass is 16.1. The Morgan fingerprint density at radius 1 is 1.32 bits per heavy atom. The first-order valence-corrected chi connectivity index (χ1v) is 7.13.